The summed E-state index contributed by atoms with van der Waals surface area (Å²) in [5, 5.41) is 2.90. The standard InChI is InChI=1S/C12H25NO2SSi/c1-11(2,3)17(5,6)15-12(10(14)13-4)8-7-9-16-12/h7-9H2,1-6H3,(H,13,14). The molecule has 1 aliphatic rings. The quantitative estimate of drug-likeness (QED) is 0.805. The minimum absolute atomic E-state index is 0.0322. The van der Waals surface area contributed by atoms with Crippen LogP contribution in [0.4, 0.5) is 0 Å². The molecule has 1 aliphatic heterocycles. The van der Waals surface area contributed by atoms with Gasteiger partial charge in [0.2, 0.25) is 0 Å². The maximum absolute atomic E-state index is 12.1. The largest absolute Gasteiger partial charge is 0.395 e. The molecule has 0 aliphatic carbocycles. The highest BCUT2D eigenvalue weighted by Gasteiger charge is 2.50. The molecule has 1 rings (SSSR count). The highest BCUT2D eigenvalue weighted by Crippen LogP contribution is 2.46. The van der Waals surface area contributed by atoms with Crippen LogP contribution in [0.25, 0.3) is 0 Å². The lowest BCUT2D eigenvalue weighted by Gasteiger charge is -2.42. The fourth-order valence-electron chi connectivity index (χ4n) is 1.68. The molecule has 1 fully saturated rings. The van der Waals surface area contributed by atoms with Gasteiger partial charge in [-0.2, -0.15) is 0 Å². The van der Waals surface area contributed by atoms with Crippen molar-refractivity contribution in [1.82, 2.24) is 5.32 Å². The first-order valence-corrected chi connectivity index (χ1v) is 10.1. The number of hydrogen-bond acceptors (Lipinski definition) is 3. The number of amides is 1. The van der Waals surface area contributed by atoms with Crippen LogP contribution >= 0.6 is 11.8 Å². The van der Waals surface area contributed by atoms with Gasteiger partial charge in [-0.25, -0.2) is 0 Å². The van der Waals surface area contributed by atoms with E-state index in [1.807, 2.05) is 0 Å². The van der Waals surface area contributed by atoms with Gasteiger partial charge in [0.25, 0.3) is 5.91 Å². The summed E-state index contributed by atoms with van der Waals surface area (Å²) in [5.41, 5.74) is 0. The number of hydrogen-bond donors (Lipinski definition) is 1. The van der Waals surface area contributed by atoms with E-state index in [1.165, 1.54) is 0 Å². The molecule has 0 saturated carbocycles. The Labute approximate surface area is 110 Å². The maximum Gasteiger partial charge on any atom is 0.261 e. The smallest absolute Gasteiger partial charge is 0.261 e. The van der Waals surface area contributed by atoms with Crippen molar-refractivity contribution in [1.29, 1.82) is 0 Å². The van der Waals surface area contributed by atoms with Gasteiger partial charge in [-0.15, -0.1) is 11.8 Å². The summed E-state index contributed by atoms with van der Waals surface area (Å²) in [4.78, 5) is 11.5. The molecular formula is C12H25NO2SSi. The van der Waals surface area contributed by atoms with Crippen LogP contribution in [0.2, 0.25) is 18.1 Å². The Hall–Kier alpha value is -0.00312. The zero-order chi connectivity index (χ0) is 13.3. The SMILES string of the molecule is CNC(=O)C1(O[Si](C)(C)C(C)(C)C)CCCS1. The summed E-state index contributed by atoms with van der Waals surface area (Å²) in [6, 6.07) is 0. The van der Waals surface area contributed by atoms with Crippen molar-refractivity contribution in [3.8, 4) is 0 Å². The first-order valence-electron chi connectivity index (χ1n) is 6.21. The molecule has 1 N–H and O–H groups in total. The molecule has 1 heterocycles. The van der Waals surface area contributed by atoms with Crippen molar-refractivity contribution >= 4 is 26.0 Å². The first-order chi connectivity index (χ1) is 7.65. The summed E-state index contributed by atoms with van der Waals surface area (Å²) >= 11 is 1.67. The molecule has 5 heteroatoms. The zero-order valence-corrected chi connectivity index (χ0v) is 13.7. The Morgan fingerprint density at radius 1 is 1.41 bits per heavy atom. The van der Waals surface area contributed by atoms with E-state index < -0.39 is 13.3 Å². The average molecular weight is 275 g/mol. The molecule has 0 aromatic carbocycles. The van der Waals surface area contributed by atoms with E-state index in [-0.39, 0.29) is 10.9 Å². The highest BCUT2D eigenvalue weighted by molar-refractivity contribution is 8.01. The number of carbonyl (C=O) groups excluding carboxylic acids is 1. The molecule has 0 bridgehead atoms. The number of rotatable bonds is 3. The van der Waals surface area contributed by atoms with Gasteiger partial charge in [0, 0.05) is 7.05 Å². The lowest BCUT2D eigenvalue weighted by Crippen LogP contribution is -2.53. The molecule has 0 aromatic rings. The Morgan fingerprint density at radius 2 is 2.00 bits per heavy atom. The molecule has 0 aromatic heterocycles. The predicted molar refractivity (Wildman–Crippen MR) is 76.8 cm³/mol. The maximum atomic E-state index is 12.1. The highest BCUT2D eigenvalue weighted by atomic mass is 32.2. The van der Waals surface area contributed by atoms with Gasteiger partial charge < -0.3 is 9.74 Å². The first kappa shape index (κ1) is 15.1. The van der Waals surface area contributed by atoms with Crippen molar-refractivity contribution in [2.45, 2.75) is 56.7 Å². The van der Waals surface area contributed by atoms with Crippen molar-refractivity contribution in [2.24, 2.45) is 0 Å². The van der Waals surface area contributed by atoms with E-state index in [2.05, 4.69) is 39.2 Å². The van der Waals surface area contributed by atoms with Crippen LogP contribution in [0.5, 0.6) is 0 Å². The predicted octanol–water partition coefficient (Wildman–Crippen LogP) is 2.98. The third-order valence-corrected chi connectivity index (χ3v) is 9.84. The van der Waals surface area contributed by atoms with Crippen molar-refractivity contribution in [2.75, 3.05) is 12.8 Å². The summed E-state index contributed by atoms with van der Waals surface area (Å²) in [6.07, 6.45) is 1.90. The molecule has 1 atom stereocenters. The van der Waals surface area contributed by atoms with E-state index in [4.69, 9.17) is 4.43 Å². The van der Waals surface area contributed by atoms with E-state index >= 15 is 0 Å². The normalized spacial score (nSPS) is 26.0. The van der Waals surface area contributed by atoms with Gasteiger partial charge in [0.1, 0.15) is 0 Å². The third kappa shape index (κ3) is 3.06. The third-order valence-electron chi connectivity index (χ3n) is 3.78. The summed E-state index contributed by atoms with van der Waals surface area (Å²) in [6.45, 7) is 11.0. The van der Waals surface area contributed by atoms with E-state index in [9.17, 15) is 4.79 Å². The van der Waals surface area contributed by atoms with Gasteiger partial charge in [0.05, 0.1) is 0 Å². The second kappa shape index (κ2) is 4.94. The molecule has 3 nitrogen and oxygen atoms in total. The number of thioether (sulfide) groups is 1. The minimum Gasteiger partial charge on any atom is -0.395 e. The van der Waals surface area contributed by atoms with Gasteiger partial charge in [-0.1, -0.05) is 20.8 Å². The van der Waals surface area contributed by atoms with E-state index in [1.54, 1.807) is 18.8 Å². The zero-order valence-electron chi connectivity index (χ0n) is 11.8. The number of carbonyl (C=O) groups is 1. The van der Waals surface area contributed by atoms with E-state index in [0.29, 0.717) is 0 Å². The number of nitrogens with one attached hydrogen (secondary N) is 1. The van der Waals surface area contributed by atoms with Gasteiger partial charge in [-0.3, -0.25) is 4.79 Å². The molecule has 1 saturated heterocycles. The van der Waals surface area contributed by atoms with Crippen LogP contribution in [0.15, 0.2) is 0 Å². The molecule has 17 heavy (non-hydrogen) atoms. The summed E-state index contributed by atoms with van der Waals surface area (Å²) in [7, 11) is -0.211. The minimum atomic E-state index is -1.90. The molecular weight excluding hydrogens is 250 g/mol. The fraction of sp³-hybridized carbons (Fsp3) is 0.917. The molecule has 0 spiro atoms. The van der Waals surface area contributed by atoms with Crippen LogP contribution in [-0.2, 0) is 9.22 Å². The van der Waals surface area contributed by atoms with Crippen LogP contribution in [-0.4, -0.2) is 32.0 Å². The van der Waals surface area contributed by atoms with Crippen molar-refractivity contribution < 1.29 is 9.22 Å². The van der Waals surface area contributed by atoms with Crippen molar-refractivity contribution in [3.63, 3.8) is 0 Å². The second-order valence-corrected chi connectivity index (χ2v) is 12.2. The van der Waals surface area contributed by atoms with Crippen LogP contribution in [0.1, 0.15) is 33.6 Å². The average Bonchev–Trinajstić information content (AvgIpc) is 2.63. The van der Waals surface area contributed by atoms with Gasteiger partial charge in [0.15, 0.2) is 13.3 Å². The molecule has 0 radical (unpaired) electrons. The molecule has 1 unspecified atom stereocenters. The summed E-state index contributed by atoms with van der Waals surface area (Å²) in [5.74, 6) is 1.05. The topological polar surface area (TPSA) is 38.3 Å². The Morgan fingerprint density at radius 3 is 2.35 bits per heavy atom. The Bertz CT molecular complexity index is 293. The van der Waals surface area contributed by atoms with E-state index in [0.717, 1.165) is 18.6 Å². The fourth-order valence-corrected chi connectivity index (χ4v) is 5.00. The molecule has 100 valence electrons. The monoisotopic (exact) mass is 275 g/mol. The van der Waals surface area contributed by atoms with Gasteiger partial charge >= 0.3 is 0 Å². The van der Waals surface area contributed by atoms with Crippen LogP contribution in [0, 0.1) is 0 Å². The lowest BCUT2D eigenvalue weighted by molar-refractivity contribution is -0.130. The second-order valence-electron chi connectivity index (χ2n) is 6.15. The Kier molecular flexibility index (Phi) is 4.37. The van der Waals surface area contributed by atoms with Gasteiger partial charge in [-0.05, 0) is 36.7 Å². The molecule has 1 amide bonds. The number of likely N-dealkylation sites (N-methyl/N-ethyl adjacent to an activating group) is 1. The Balaban J connectivity index is 2.92. The van der Waals surface area contributed by atoms with Crippen LogP contribution in [0.3, 0.4) is 0 Å². The van der Waals surface area contributed by atoms with Crippen LogP contribution < -0.4 is 5.32 Å². The lowest BCUT2D eigenvalue weighted by atomic mass is 10.2. The van der Waals surface area contributed by atoms with Crippen molar-refractivity contribution in [3.05, 3.63) is 0 Å². The summed E-state index contributed by atoms with van der Waals surface area (Å²) < 4.78 is 6.39.